The number of hydrogen-bond donors (Lipinski definition) is 0. The number of hydrogen-bond acceptors (Lipinski definition) is 1. The number of para-hydroxylation sites is 1. The molecule has 0 spiro atoms. The molecule has 0 heterocycles. The minimum absolute atomic E-state index is 0.0408. The molecule has 0 bridgehead atoms. The number of alkyl halides is 1. The molecule has 94 valence electrons. The van der Waals surface area contributed by atoms with Gasteiger partial charge in [-0.25, -0.2) is 4.39 Å². The number of ether oxygens (including phenoxy) is 1. The van der Waals surface area contributed by atoms with E-state index in [1.54, 1.807) is 24.3 Å². The van der Waals surface area contributed by atoms with Crippen LogP contribution in [0, 0.1) is 5.82 Å². The van der Waals surface area contributed by atoms with Gasteiger partial charge in [0, 0.05) is 11.6 Å². The highest BCUT2D eigenvalue weighted by Crippen LogP contribution is 2.34. The second-order valence-corrected chi connectivity index (χ2v) is 4.62. The molecule has 1 nitrogen and oxygen atoms in total. The van der Waals surface area contributed by atoms with Gasteiger partial charge in [0.2, 0.25) is 0 Å². The molecular weight excluding hydrogens is 297 g/mol. The van der Waals surface area contributed by atoms with Gasteiger partial charge in [0.1, 0.15) is 17.3 Å². The summed E-state index contributed by atoms with van der Waals surface area (Å²) in [6, 6.07) is 9.43. The van der Waals surface area contributed by atoms with E-state index >= 15 is 0 Å². The first-order valence-corrected chi connectivity index (χ1v) is 6.37. The molecule has 0 aromatic heterocycles. The zero-order valence-electron chi connectivity index (χ0n) is 9.09. The molecule has 2 aromatic carbocycles. The van der Waals surface area contributed by atoms with Crippen molar-refractivity contribution in [3.63, 3.8) is 0 Å². The summed E-state index contributed by atoms with van der Waals surface area (Å²) >= 11 is 17.4. The molecule has 2 aromatic rings. The Morgan fingerprint density at radius 1 is 1.06 bits per heavy atom. The van der Waals surface area contributed by atoms with Crippen LogP contribution in [0.1, 0.15) is 5.56 Å². The second kappa shape index (κ2) is 5.79. The van der Waals surface area contributed by atoms with Crippen molar-refractivity contribution in [1.29, 1.82) is 0 Å². The Kier molecular flexibility index (Phi) is 4.33. The van der Waals surface area contributed by atoms with Gasteiger partial charge in [-0.2, -0.15) is 0 Å². The van der Waals surface area contributed by atoms with Crippen molar-refractivity contribution in [3.05, 3.63) is 57.8 Å². The molecule has 0 N–H and O–H groups in total. The molecule has 0 aliphatic rings. The SMILES string of the molecule is Fc1cc(Oc2c(Cl)cccc2CCl)ccc1Cl. The van der Waals surface area contributed by atoms with Crippen LogP contribution in [-0.4, -0.2) is 0 Å². The van der Waals surface area contributed by atoms with Crippen LogP contribution < -0.4 is 4.74 Å². The van der Waals surface area contributed by atoms with Crippen LogP contribution in [-0.2, 0) is 5.88 Å². The highest BCUT2D eigenvalue weighted by molar-refractivity contribution is 6.32. The Labute approximate surface area is 119 Å². The van der Waals surface area contributed by atoms with E-state index in [0.29, 0.717) is 16.5 Å². The summed E-state index contributed by atoms with van der Waals surface area (Å²) in [4.78, 5) is 0. The van der Waals surface area contributed by atoms with E-state index in [-0.39, 0.29) is 10.9 Å². The van der Waals surface area contributed by atoms with Crippen molar-refractivity contribution in [2.24, 2.45) is 0 Å². The van der Waals surface area contributed by atoms with Gasteiger partial charge >= 0.3 is 0 Å². The summed E-state index contributed by atoms with van der Waals surface area (Å²) in [6.07, 6.45) is 0. The van der Waals surface area contributed by atoms with E-state index in [9.17, 15) is 4.39 Å². The molecule has 18 heavy (non-hydrogen) atoms. The van der Waals surface area contributed by atoms with Crippen LogP contribution >= 0.6 is 34.8 Å². The first-order valence-electron chi connectivity index (χ1n) is 5.08. The fourth-order valence-electron chi connectivity index (χ4n) is 1.43. The van der Waals surface area contributed by atoms with Crippen molar-refractivity contribution in [1.82, 2.24) is 0 Å². The molecule has 0 saturated carbocycles. The highest BCUT2D eigenvalue weighted by atomic mass is 35.5. The highest BCUT2D eigenvalue weighted by Gasteiger charge is 2.10. The number of benzene rings is 2. The lowest BCUT2D eigenvalue weighted by Crippen LogP contribution is -1.91. The quantitative estimate of drug-likeness (QED) is 0.664. The maximum absolute atomic E-state index is 13.3. The van der Waals surface area contributed by atoms with Crippen molar-refractivity contribution in [2.75, 3.05) is 0 Å². The van der Waals surface area contributed by atoms with Crippen LogP contribution in [0.5, 0.6) is 11.5 Å². The standard InChI is InChI=1S/C13H8Cl3FO/c14-7-8-2-1-3-11(16)13(8)18-9-4-5-10(15)12(17)6-9/h1-6H,7H2. The predicted octanol–water partition coefficient (Wildman–Crippen LogP) is 5.66. The lowest BCUT2D eigenvalue weighted by atomic mass is 10.2. The Balaban J connectivity index is 2.36. The van der Waals surface area contributed by atoms with Crippen molar-refractivity contribution >= 4 is 34.8 Å². The fourth-order valence-corrected chi connectivity index (χ4v) is 1.99. The molecule has 0 aliphatic heterocycles. The molecular formula is C13H8Cl3FO. The summed E-state index contributed by atoms with van der Waals surface area (Å²) in [5.74, 6) is 0.451. The molecule has 5 heteroatoms. The first-order chi connectivity index (χ1) is 8.61. The van der Waals surface area contributed by atoms with Crippen LogP contribution in [0.2, 0.25) is 10.0 Å². The van der Waals surface area contributed by atoms with E-state index in [1.807, 2.05) is 0 Å². The van der Waals surface area contributed by atoms with Gasteiger partial charge in [0.15, 0.2) is 0 Å². The van der Waals surface area contributed by atoms with E-state index < -0.39 is 5.82 Å². The summed E-state index contributed by atoms with van der Waals surface area (Å²) in [6.45, 7) is 0. The molecule has 0 atom stereocenters. The van der Waals surface area contributed by atoms with Crippen molar-refractivity contribution < 1.29 is 9.13 Å². The Morgan fingerprint density at radius 2 is 1.83 bits per heavy atom. The minimum Gasteiger partial charge on any atom is -0.455 e. The Hall–Kier alpha value is -0.960. The van der Waals surface area contributed by atoms with E-state index in [1.165, 1.54) is 12.1 Å². The predicted molar refractivity (Wildman–Crippen MR) is 72.5 cm³/mol. The van der Waals surface area contributed by atoms with Crippen LogP contribution in [0.25, 0.3) is 0 Å². The molecule has 2 rings (SSSR count). The third kappa shape index (κ3) is 2.89. The summed E-state index contributed by atoms with van der Waals surface area (Å²) in [7, 11) is 0. The zero-order chi connectivity index (χ0) is 13.1. The van der Waals surface area contributed by atoms with Crippen molar-refractivity contribution in [2.45, 2.75) is 5.88 Å². The van der Waals surface area contributed by atoms with Gasteiger partial charge < -0.3 is 4.74 Å². The maximum Gasteiger partial charge on any atom is 0.150 e. The Bertz CT molecular complexity index is 572. The molecule has 0 saturated heterocycles. The molecule has 0 aliphatic carbocycles. The van der Waals surface area contributed by atoms with E-state index in [4.69, 9.17) is 39.5 Å². The van der Waals surface area contributed by atoms with Crippen LogP contribution in [0.3, 0.4) is 0 Å². The van der Waals surface area contributed by atoms with E-state index in [0.717, 1.165) is 5.56 Å². The number of rotatable bonds is 3. The average Bonchev–Trinajstić information content (AvgIpc) is 2.36. The zero-order valence-corrected chi connectivity index (χ0v) is 11.4. The smallest absolute Gasteiger partial charge is 0.150 e. The molecule has 0 amide bonds. The third-order valence-electron chi connectivity index (χ3n) is 2.30. The van der Waals surface area contributed by atoms with Crippen LogP contribution in [0.15, 0.2) is 36.4 Å². The van der Waals surface area contributed by atoms with E-state index in [2.05, 4.69) is 0 Å². The fraction of sp³-hybridized carbons (Fsp3) is 0.0769. The third-order valence-corrected chi connectivity index (χ3v) is 3.20. The Morgan fingerprint density at radius 3 is 2.50 bits per heavy atom. The summed E-state index contributed by atoms with van der Waals surface area (Å²) < 4.78 is 18.8. The van der Waals surface area contributed by atoms with Gasteiger partial charge in [0.05, 0.1) is 15.9 Å². The number of halogens is 4. The van der Waals surface area contributed by atoms with Gasteiger partial charge in [-0.3, -0.25) is 0 Å². The molecule has 0 unspecified atom stereocenters. The molecule has 0 fully saturated rings. The summed E-state index contributed by atoms with van der Waals surface area (Å²) in [5.41, 5.74) is 0.736. The van der Waals surface area contributed by atoms with Gasteiger partial charge in [-0.1, -0.05) is 35.3 Å². The molecule has 0 radical (unpaired) electrons. The second-order valence-electron chi connectivity index (χ2n) is 3.54. The monoisotopic (exact) mass is 304 g/mol. The lowest BCUT2D eigenvalue weighted by Gasteiger charge is -2.11. The largest absolute Gasteiger partial charge is 0.455 e. The van der Waals surface area contributed by atoms with Gasteiger partial charge in [-0.15, -0.1) is 11.6 Å². The van der Waals surface area contributed by atoms with Crippen LogP contribution in [0.4, 0.5) is 4.39 Å². The lowest BCUT2D eigenvalue weighted by molar-refractivity contribution is 0.473. The van der Waals surface area contributed by atoms with Gasteiger partial charge in [-0.05, 0) is 18.2 Å². The average molecular weight is 306 g/mol. The minimum atomic E-state index is -0.548. The van der Waals surface area contributed by atoms with Crippen molar-refractivity contribution in [3.8, 4) is 11.5 Å². The first kappa shape index (κ1) is 13.5. The maximum atomic E-state index is 13.3. The summed E-state index contributed by atoms with van der Waals surface area (Å²) in [5, 5.41) is 0.461. The normalized spacial score (nSPS) is 10.4. The van der Waals surface area contributed by atoms with Gasteiger partial charge in [0.25, 0.3) is 0 Å². The topological polar surface area (TPSA) is 9.23 Å².